The van der Waals surface area contributed by atoms with Gasteiger partial charge in [0.05, 0.1) is 4.90 Å². The first-order valence-corrected chi connectivity index (χ1v) is 9.82. The van der Waals surface area contributed by atoms with Crippen molar-refractivity contribution in [2.75, 3.05) is 11.4 Å². The summed E-state index contributed by atoms with van der Waals surface area (Å²) in [4.78, 5) is 14.0. The molecule has 3 rings (SSSR count). The maximum absolute atomic E-state index is 13.1. The number of nitrogens with one attached hydrogen (secondary N) is 1. The van der Waals surface area contributed by atoms with Crippen LogP contribution in [0.2, 0.25) is 0 Å². The van der Waals surface area contributed by atoms with Gasteiger partial charge in [0.2, 0.25) is 15.9 Å². The van der Waals surface area contributed by atoms with Crippen molar-refractivity contribution in [2.24, 2.45) is 0 Å². The molecule has 26 heavy (non-hydrogen) atoms. The van der Waals surface area contributed by atoms with Crippen molar-refractivity contribution in [2.45, 2.75) is 38.1 Å². The fourth-order valence-electron chi connectivity index (χ4n) is 3.53. The third-order valence-corrected chi connectivity index (χ3v) is 6.28. The number of rotatable bonds is 4. The Hall–Kier alpha value is -2.25. The Morgan fingerprint density at radius 2 is 1.65 bits per heavy atom. The Labute approximate surface area is 152 Å². The van der Waals surface area contributed by atoms with E-state index in [2.05, 4.69) is 4.72 Å². The largest absolute Gasteiger partial charge is 0.311 e. The quantitative estimate of drug-likeness (QED) is 0.892. The molecule has 2 aromatic rings. The Balaban J connectivity index is 1.81. The molecule has 7 heteroatoms. The number of halogens is 1. The minimum absolute atomic E-state index is 0.0700. The van der Waals surface area contributed by atoms with Gasteiger partial charge in [-0.3, -0.25) is 4.79 Å². The molecule has 1 heterocycles. The molecule has 0 bridgehead atoms. The monoisotopic (exact) mass is 376 g/mol. The molecule has 1 aliphatic rings. The Morgan fingerprint density at radius 3 is 2.23 bits per heavy atom. The lowest BCUT2D eigenvalue weighted by Crippen LogP contribution is -2.37. The van der Waals surface area contributed by atoms with E-state index in [0.717, 1.165) is 5.56 Å². The number of nitrogens with zero attached hydrogens (tertiary/aromatic N) is 1. The summed E-state index contributed by atoms with van der Waals surface area (Å²) in [6.45, 7) is 5.66. The number of benzene rings is 2. The zero-order valence-corrected chi connectivity index (χ0v) is 15.7. The van der Waals surface area contributed by atoms with E-state index >= 15 is 0 Å². The van der Waals surface area contributed by atoms with Crippen molar-refractivity contribution in [3.05, 3.63) is 58.9 Å². The average molecular weight is 376 g/mol. The zero-order valence-electron chi connectivity index (χ0n) is 14.9. The first kappa shape index (κ1) is 18.5. The molecule has 1 atom stereocenters. The highest BCUT2D eigenvalue weighted by molar-refractivity contribution is 7.89. The lowest BCUT2D eigenvalue weighted by atomic mass is 10.1. The molecule has 0 radical (unpaired) electrons. The third-order valence-electron chi connectivity index (χ3n) is 4.46. The highest BCUT2D eigenvalue weighted by Gasteiger charge is 2.34. The van der Waals surface area contributed by atoms with E-state index < -0.39 is 16.1 Å². The van der Waals surface area contributed by atoms with Crippen LogP contribution in [0.1, 0.15) is 23.1 Å². The lowest BCUT2D eigenvalue weighted by molar-refractivity contribution is -0.117. The van der Waals surface area contributed by atoms with Crippen LogP contribution in [0.25, 0.3) is 0 Å². The number of anilines is 1. The van der Waals surface area contributed by atoms with Gasteiger partial charge in [0.1, 0.15) is 5.82 Å². The summed E-state index contributed by atoms with van der Waals surface area (Å²) in [5.41, 5.74) is 2.91. The van der Waals surface area contributed by atoms with Crippen LogP contribution in [0.3, 0.4) is 0 Å². The predicted octanol–water partition coefficient (Wildman–Crippen LogP) is 2.83. The van der Waals surface area contributed by atoms with Crippen LogP contribution in [-0.2, 0) is 14.8 Å². The van der Waals surface area contributed by atoms with Gasteiger partial charge in [0, 0.05) is 24.7 Å². The summed E-state index contributed by atoms with van der Waals surface area (Å²) in [6, 6.07) is 8.70. The molecule has 0 aliphatic carbocycles. The number of sulfonamides is 1. The number of aryl methyl sites for hydroxylation is 3. The normalized spacial score (nSPS) is 17.8. The van der Waals surface area contributed by atoms with Gasteiger partial charge in [-0.05, 0) is 56.2 Å². The number of hydrogen-bond acceptors (Lipinski definition) is 3. The van der Waals surface area contributed by atoms with E-state index in [4.69, 9.17) is 0 Å². The molecule has 2 aromatic carbocycles. The summed E-state index contributed by atoms with van der Waals surface area (Å²) < 4.78 is 41.4. The van der Waals surface area contributed by atoms with Gasteiger partial charge in [0.15, 0.2) is 0 Å². The standard InChI is InChI=1S/C19H21FN2O3S/c1-12-8-13(2)19(14(3)9-12)26(24,25)21-16-10-18(23)22(11-16)17-6-4-15(20)5-7-17/h4-9,16,21H,10-11H2,1-3H3/t16-/m0/s1. The minimum Gasteiger partial charge on any atom is -0.311 e. The molecule has 0 aromatic heterocycles. The third kappa shape index (κ3) is 3.64. The van der Waals surface area contributed by atoms with Crippen LogP contribution < -0.4 is 9.62 Å². The fourth-order valence-corrected chi connectivity index (χ4v) is 5.21. The Kier molecular flexibility index (Phi) is 4.86. The predicted molar refractivity (Wildman–Crippen MR) is 98.1 cm³/mol. The average Bonchev–Trinajstić information content (AvgIpc) is 2.86. The first-order valence-electron chi connectivity index (χ1n) is 8.33. The molecule has 0 unspecified atom stereocenters. The van der Waals surface area contributed by atoms with Gasteiger partial charge in [-0.2, -0.15) is 0 Å². The van der Waals surface area contributed by atoms with Gasteiger partial charge in [0.25, 0.3) is 0 Å². The molecule has 1 aliphatic heterocycles. The molecule has 1 saturated heterocycles. The second kappa shape index (κ2) is 6.81. The van der Waals surface area contributed by atoms with E-state index in [9.17, 15) is 17.6 Å². The molecule has 0 spiro atoms. The smallest absolute Gasteiger partial charge is 0.241 e. The lowest BCUT2D eigenvalue weighted by Gasteiger charge is -2.18. The molecule has 138 valence electrons. The van der Waals surface area contributed by atoms with E-state index in [-0.39, 0.29) is 29.6 Å². The second-order valence-corrected chi connectivity index (χ2v) is 8.38. The molecule has 1 fully saturated rings. The molecular formula is C19H21FN2O3S. The number of carbonyl (C=O) groups is 1. The van der Waals surface area contributed by atoms with Gasteiger partial charge in [-0.25, -0.2) is 17.5 Å². The molecular weight excluding hydrogens is 355 g/mol. The van der Waals surface area contributed by atoms with Crippen molar-refractivity contribution in [1.29, 1.82) is 0 Å². The SMILES string of the molecule is Cc1cc(C)c(S(=O)(=O)N[C@H]2CC(=O)N(c3ccc(F)cc3)C2)c(C)c1. The topological polar surface area (TPSA) is 66.5 Å². The maximum Gasteiger partial charge on any atom is 0.241 e. The van der Waals surface area contributed by atoms with Crippen LogP contribution in [-0.4, -0.2) is 26.9 Å². The zero-order chi connectivity index (χ0) is 19.1. The fraction of sp³-hybridized carbons (Fsp3) is 0.316. The molecule has 1 amide bonds. The van der Waals surface area contributed by atoms with Crippen molar-refractivity contribution in [1.82, 2.24) is 4.72 Å². The van der Waals surface area contributed by atoms with Crippen LogP contribution in [0.5, 0.6) is 0 Å². The van der Waals surface area contributed by atoms with Crippen molar-refractivity contribution >= 4 is 21.6 Å². The highest BCUT2D eigenvalue weighted by atomic mass is 32.2. The van der Waals surface area contributed by atoms with E-state index in [1.165, 1.54) is 29.2 Å². The summed E-state index contributed by atoms with van der Waals surface area (Å²) in [5, 5.41) is 0. The first-order chi connectivity index (χ1) is 12.2. The summed E-state index contributed by atoms with van der Waals surface area (Å²) in [6.07, 6.45) is 0.0700. The number of amides is 1. The molecule has 0 saturated carbocycles. The minimum atomic E-state index is -3.75. The maximum atomic E-state index is 13.1. The Bertz CT molecular complexity index is 932. The summed E-state index contributed by atoms with van der Waals surface area (Å²) in [5.74, 6) is -0.579. The van der Waals surface area contributed by atoms with Crippen molar-refractivity contribution < 1.29 is 17.6 Å². The summed E-state index contributed by atoms with van der Waals surface area (Å²) >= 11 is 0. The van der Waals surface area contributed by atoms with Crippen molar-refractivity contribution in [3.63, 3.8) is 0 Å². The van der Waals surface area contributed by atoms with Crippen LogP contribution in [0, 0.1) is 26.6 Å². The number of carbonyl (C=O) groups excluding carboxylic acids is 1. The van der Waals surface area contributed by atoms with Gasteiger partial charge >= 0.3 is 0 Å². The molecule has 5 nitrogen and oxygen atoms in total. The summed E-state index contributed by atoms with van der Waals surface area (Å²) in [7, 11) is -3.75. The number of hydrogen-bond donors (Lipinski definition) is 1. The second-order valence-electron chi connectivity index (χ2n) is 6.73. The van der Waals surface area contributed by atoms with E-state index in [0.29, 0.717) is 16.8 Å². The van der Waals surface area contributed by atoms with E-state index in [1.807, 2.05) is 19.1 Å². The van der Waals surface area contributed by atoms with Crippen LogP contribution in [0.15, 0.2) is 41.3 Å². The van der Waals surface area contributed by atoms with Gasteiger partial charge in [-0.1, -0.05) is 17.7 Å². The van der Waals surface area contributed by atoms with Crippen LogP contribution in [0.4, 0.5) is 10.1 Å². The van der Waals surface area contributed by atoms with Crippen molar-refractivity contribution in [3.8, 4) is 0 Å². The van der Waals surface area contributed by atoms with Gasteiger partial charge < -0.3 is 4.90 Å². The Morgan fingerprint density at radius 1 is 1.08 bits per heavy atom. The van der Waals surface area contributed by atoms with E-state index in [1.54, 1.807) is 13.8 Å². The highest BCUT2D eigenvalue weighted by Crippen LogP contribution is 2.25. The van der Waals surface area contributed by atoms with Crippen LogP contribution >= 0.6 is 0 Å². The van der Waals surface area contributed by atoms with Gasteiger partial charge in [-0.15, -0.1) is 0 Å². The molecule has 1 N–H and O–H groups in total.